The van der Waals surface area contributed by atoms with Crippen molar-refractivity contribution in [2.45, 2.75) is 32.0 Å². The third-order valence-corrected chi connectivity index (χ3v) is 4.51. The van der Waals surface area contributed by atoms with E-state index < -0.39 is 22.9 Å². The van der Waals surface area contributed by atoms with Crippen LogP contribution in [0.15, 0.2) is 48.5 Å². The van der Waals surface area contributed by atoms with Crippen molar-refractivity contribution in [3.05, 3.63) is 64.2 Å². The maximum absolute atomic E-state index is 12.4. The molecule has 0 bridgehead atoms. The van der Waals surface area contributed by atoms with Crippen molar-refractivity contribution in [3.63, 3.8) is 0 Å². The van der Waals surface area contributed by atoms with Gasteiger partial charge in [-0.3, -0.25) is 14.9 Å². The van der Waals surface area contributed by atoms with Gasteiger partial charge in [-0.15, -0.1) is 0 Å². The number of hydrogen-bond donors (Lipinski definition) is 1. The summed E-state index contributed by atoms with van der Waals surface area (Å²) in [6, 6.07) is 12.0. The van der Waals surface area contributed by atoms with E-state index in [2.05, 4.69) is 5.32 Å². The smallest absolute Gasteiger partial charge is 0.339 e. The van der Waals surface area contributed by atoms with Gasteiger partial charge in [0.15, 0.2) is 6.10 Å². The second-order valence-electron chi connectivity index (χ2n) is 6.82. The summed E-state index contributed by atoms with van der Waals surface area (Å²) in [5.74, 6) is -0.775. The average Bonchev–Trinajstić information content (AvgIpc) is 3.26. The molecule has 0 aromatic heterocycles. The second kappa shape index (κ2) is 9.84. The van der Waals surface area contributed by atoms with Crippen LogP contribution in [-0.2, 0) is 14.3 Å². The van der Waals surface area contributed by atoms with Crippen LogP contribution in [0, 0.1) is 10.1 Å². The number of nitrogens with one attached hydrogen (secondary N) is 1. The standard InChI is InChI=1S/C21H22N2O7/c1-14(20(24)22-16-6-3-7-17(12-16)23(26)27)30-21(25)15-5-2-8-18(11-15)29-13-19-9-4-10-28-19/h2-3,5-8,11-12,14,19H,4,9-10,13H2,1H3,(H,22,24)/t14-,19-/m0/s1. The zero-order chi connectivity index (χ0) is 21.5. The lowest BCUT2D eigenvalue weighted by atomic mass is 10.2. The van der Waals surface area contributed by atoms with Crippen molar-refractivity contribution in [3.8, 4) is 5.75 Å². The molecule has 2 aromatic rings. The largest absolute Gasteiger partial charge is 0.491 e. The summed E-state index contributed by atoms with van der Waals surface area (Å²) in [4.78, 5) is 34.9. The van der Waals surface area contributed by atoms with E-state index in [1.807, 2.05) is 0 Å². The molecule has 0 radical (unpaired) electrons. The zero-order valence-corrected chi connectivity index (χ0v) is 16.4. The number of rotatable bonds is 8. The highest BCUT2D eigenvalue weighted by Crippen LogP contribution is 2.19. The van der Waals surface area contributed by atoms with E-state index in [4.69, 9.17) is 14.2 Å². The van der Waals surface area contributed by atoms with E-state index in [9.17, 15) is 19.7 Å². The molecule has 1 heterocycles. The van der Waals surface area contributed by atoms with Gasteiger partial charge in [-0.25, -0.2) is 4.79 Å². The molecule has 3 rings (SSSR count). The number of nitro benzene ring substituents is 1. The molecule has 1 amide bonds. The van der Waals surface area contributed by atoms with E-state index in [1.54, 1.807) is 24.3 Å². The van der Waals surface area contributed by atoms with Crippen LogP contribution >= 0.6 is 0 Å². The number of amides is 1. The minimum Gasteiger partial charge on any atom is -0.491 e. The Balaban J connectivity index is 1.55. The lowest BCUT2D eigenvalue weighted by Crippen LogP contribution is -2.30. The van der Waals surface area contributed by atoms with E-state index in [1.165, 1.54) is 31.2 Å². The maximum atomic E-state index is 12.4. The first kappa shape index (κ1) is 21.3. The molecule has 158 valence electrons. The van der Waals surface area contributed by atoms with Gasteiger partial charge in [-0.1, -0.05) is 12.1 Å². The van der Waals surface area contributed by atoms with Gasteiger partial charge in [-0.05, 0) is 44.0 Å². The number of carbonyl (C=O) groups excluding carboxylic acids is 2. The van der Waals surface area contributed by atoms with E-state index >= 15 is 0 Å². The lowest BCUT2D eigenvalue weighted by molar-refractivity contribution is -0.384. The van der Waals surface area contributed by atoms with Gasteiger partial charge in [0.1, 0.15) is 12.4 Å². The highest BCUT2D eigenvalue weighted by molar-refractivity contribution is 5.97. The third-order valence-electron chi connectivity index (χ3n) is 4.51. The van der Waals surface area contributed by atoms with Crippen LogP contribution in [0.25, 0.3) is 0 Å². The van der Waals surface area contributed by atoms with Crippen LogP contribution in [0.3, 0.4) is 0 Å². The topological polar surface area (TPSA) is 117 Å². The molecule has 0 aliphatic carbocycles. The maximum Gasteiger partial charge on any atom is 0.339 e. The van der Waals surface area contributed by atoms with Gasteiger partial charge in [0.25, 0.3) is 11.6 Å². The summed E-state index contributed by atoms with van der Waals surface area (Å²) >= 11 is 0. The fourth-order valence-corrected chi connectivity index (χ4v) is 2.90. The number of hydrogen-bond acceptors (Lipinski definition) is 7. The summed E-state index contributed by atoms with van der Waals surface area (Å²) < 4.78 is 16.4. The Morgan fingerprint density at radius 2 is 2.07 bits per heavy atom. The summed E-state index contributed by atoms with van der Waals surface area (Å²) in [6.45, 7) is 2.56. The van der Waals surface area contributed by atoms with Crippen LogP contribution in [0.1, 0.15) is 30.1 Å². The normalized spacial score (nSPS) is 16.5. The van der Waals surface area contributed by atoms with Crippen molar-refractivity contribution >= 4 is 23.3 Å². The Morgan fingerprint density at radius 3 is 2.80 bits per heavy atom. The number of esters is 1. The fraction of sp³-hybridized carbons (Fsp3) is 0.333. The zero-order valence-electron chi connectivity index (χ0n) is 16.4. The van der Waals surface area contributed by atoms with Crippen LogP contribution in [0.4, 0.5) is 11.4 Å². The van der Waals surface area contributed by atoms with Crippen LogP contribution in [-0.4, -0.2) is 42.2 Å². The SMILES string of the molecule is C[C@H](OC(=O)c1cccc(OC[C@@H]2CCCO2)c1)C(=O)Nc1cccc([N+](=O)[O-])c1. The molecule has 2 atom stereocenters. The quantitative estimate of drug-likeness (QED) is 0.400. The Bertz CT molecular complexity index is 925. The molecule has 9 heteroatoms. The third kappa shape index (κ3) is 5.77. The van der Waals surface area contributed by atoms with E-state index in [-0.39, 0.29) is 23.0 Å². The fourth-order valence-electron chi connectivity index (χ4n) is 2.90. The van der Waals surface area contributed by atoms with E-state index in [0.717, 1.165) is 19.4 Å². The number of benzene rings is 2. The van der Waals surface area contributed by atoms with Crippen LogP contribution < -0.4 is 10.1 Å². The Kier molecular flexibility index (Phi) is 6.97. The molecule has 1 aliphatic heterocycles. The molecule has 0 saturated carbocycles. The number of non-ortho nitro benzene ring substituents is 1. The van der Waals surface area contributed by atoms with Crippen molar-refractivity contribution in [1.82, 2.24) is 0 Å². The Labute approximate surface area is 173 Å². The van der Waals surface area contributed by atoms with E-state index in [0.29, 0.717) is 12.4 Å². The predicted molar refractivity (Wildman–Crippen MR) is 108 cm³/mol. The minimum absolute atomic E-state index is 0.0538. The van der Waals surface area contributed by atoms with Gasteiger partial charge in [0, 0.05) is 24.4 Å². The molecular weight excluding hydrogens is 392 g/mol. The van der Waals surface area contributed by atoms with Crippen molar-refractivity contribution in [2.75, 3.05) is 18.5 Å². The second-order valence-corrected chi connectivity index (χ2v) is 6.82. The molecule has 0 spiro atoms. The van der Waals surface area contributed by atoms with Crippen molar-refractivity contribution in [1.29, 1.82) is 0 Å². The highest BCUT2D eigenvalue weighted by Gasteiger charge is 2.21. The molecule has 2 aromatic carbocycles. The molecule has 1 aliphatic rings. The van der Waals surface area contributed by atoms with Gasteiger partial charge < -0.3 is 19.5 Å². The van der Waals surface area contributed by atoms with Crippen molar-refractivity contribution < 1.29 is 28.7 Å². The molecule has 9 nitrogen and oxygen atoms in total. The molecule has 1 saturated heterocycles. The summed E-state index contributed by atoms with van der Waals surface area (Å²) in [5, 5.41) is 13.3. The first-order valence-corrected chi connectivity index (χ1v) is 9.53. The first-order valence-electron chi connectivity index (χ1n) is 9.53. The average molecular weight is 414 g/mol. The number of carbonyl (C=O) groups is 2. The molecule has 1 N–H and O–H groups in total. The monoisotopic (exact) mass is 414 g/mol. The minimum atomic E-state index is -1.10. The summed E-state index contributed by atoms with van der Waals surface area (Å²) in [6.07, 6.45) is 0.904. The molecular formula is C21H22N2O7. The molecule has 1 fully saturated rings. The predicted octanol–water partition coefficient (Wildman–Crippen LogP) is 3.34. The summed E-state index contributed by atoms with van der Waals surface area (Å²) in [5.41, 5.74) is 0.328. The first-order chi connectivity index (χ1) is 14.4. The van der Waals surface area contributed by atoms with Crippen molar-refractivity contribution in [2.24, 2.45) is 0 Å². The summed E-state index contributed by atoms with van der Waals surface area (Å²) in [7, 11) is 0. The lowest BCUT2D eigenvalue weighted by Gasteiger charge is -2.14. The number of ether oxygens (including phenoxy) is 3. The van der Waals surface area contributed by atoms with Gasteiger partial charge in [-0.2, -0.15) is 0 Å². The number of anilines is 1. The number of nitro groups is 1. The van der Waals surface area contributed by atoms with Gasteiger partial charge >= 0.3 is 5.97 Å². The molecule has 30 heavy (non-hydrogen) atoms. The molecule has 0 unspecified atom stereocenters. The van der Waals surface area contributed by atoms with Gasteiger partial charge in [0.2, 0.25) is 0 Å². The number of nitrogens with zero attached hydrogens (tertiary/aromatic N) is 1. The Hall–Kier alpha value is -3.46. The van der Waals surface area contributed by atoms with Crippen LogP contribution in [0.2, 0.25) is 0 Å². The van der Waals surface area contributed by atoms with Gasteiger partial charge in [0.05, 0.1) is 16.6 Å². The van der Waals surface area contributed by atoms with Crippen LogP contribution in [0.5, 0.6) is 5.75 Å². The highest BCUT2D eigenvalue weighted by atomic mass is 16.6. The Morgan fingerprint density at radius 1 is 1.27 bits per heavy atom.